The number of imide groups is 1. The number of anilines is 1. The van der Waals surface area contributed by atoms with Crippen molar-refractivity contribution in [3.8, 4) is 0 Å². The fourth-order valence-corrected chi connectivity index (χ4v) is 3.78. The number of benzene rings is 2. The van der Waals surface area contributed by atoms with Gasteiger partial charge in [-0.15, -0.1) is 0 Å². The minimum absolute atomic E-state index is 0.309. The van der Waals surface area contributed by atoms with Gasteiger partial charge in [-0.2, -0.15) is 0 Å². The van der Waals surface area contributed by atoms with E-state index in [-0.39, 0.29) is 11.8 Å². The first-order valence-electron chi connectivity index (χ1n) is 8.94. The lowest BCUT2D eigenvalue weighted by molar-refractivity contribution is -0.120. The molecule has 5 nitrogen and oxygen atoms in total. The highest BCUT2D eigenvalue weighted by atomic mass is 35.5. The molecule has 0 N–H and O–H groups in total. The third kappa shape index (κ3) is 3.13. The topological polar surface area (TPSA) is 43.9 Å². The molecule has 1 saturated heterocycles. The number of carbonyl (C=O) groups excluding carboxylic acids is 2. The maximum Gasteiger partial charge on any atom is 0.282 e. The Morgan fingerprint density at radius 2 is 1.44 bits per heavy atom. The average Bonchev–Trinajstić information content (AvgIpc) is 2.94. The van der Waals surface area contributed by atoms with Crippen LogP contribution in [0.4, 0.5) is 5.69 Å². The van der Waals surface area contributed by atoms with Crippen molar-refractivity contribution in [2.75, 3.05) is 38.1 Å². The normalized spacial score (nSPS) is 18.6. The standard InChI is InChI=1S/C21H20ClN3O2/c1-23-11-13-24(14-12-23)19-18(15-7-3-2-4-8-15)20(26)25(21(19)27)17-10-6-5-9-16(17)22/h2-10H,11-14H2,1H3. The van der Waals surface area contributed by atoms with Crippen LogP contribution in [0.2, 0.25) is 5.02 Å². The summed E-state index contributed by atoms with van der Waals surface area (Å²) >= 11 is 6.30. The highest BCUT2D eigenvalue weighted by Crippen LogP contribution is 2.37. The lowest BCUT2D eigenvalue weighted by atomic mass is 10.0. The highest BCUT2D eigenvalue weighted by molar-refractivity contribution is 6.47. The van der Waals surface area contributed by atoms with E-state index in [1.54, 1.807) is 24.3 Å². The molecule has 0 aromatic heterocycles. The summed E-state index contributed by atoms with van der Waals surface area (Å²) in [6.07, 6.45) is 0. The quantitative estimate of drug-likeness (QED) is 0.767. The Balaban J connectivity index is 1.82. The van der Waals surface area contributed by atoms with Gasteiger partial charge >= 0.3 is 0 Å². The van der Waals surface area contributed by atoms with Crippen LogP contribution < -0.4 is 4.90 Å². The molecule has 2 heterocycles. The van der Waals surface area contributed by atoms with Crippen LogP contribution in [0.3, 0.4) is 0 Å². The molecule has 4 rings (SSSR count). The van der Waals surface area contributed by atoms with Gasteiger partial charge in [-0.25, -0.2) is 4.90 Å². The number of halogens is 1. The van der Waals surface area contributed by atoms with E-state index in [2.05, 4.69) is 11.9 Å². The molecular formula is C21H20ClN3O2. The summed E-state index contributed by atoms with van der Waals surface area (Å²) in [4.78, 5) is 32.2. The zero-order valence-electron chi connectivity index (χ0n) is 15.1. The van der Waals surface area contributed by atoms with Gasteiger partial charge in [-0.3, -0.25) is 9.59 Å². The number of para-hydroxylation sites is 1. The van der Waals surface area contributed by atoms with Crippen molar-refractivity contribution in [2.24, 2.45) is 0 Å². The number of hydrogen-bond donors (Lipinski definition) is 0. The molecule has 0 atom stereocenters. The van der Waals surface area contributed by atoms with E-state index in [1.165, 1.54) is 4.90 Å². The Morgan fingerprint density at radius 1 is 0.815 bits per heavy atom. The maximum absolute atomic E-state index is 13.4. The molecule has 0 spiro atoms. The first kappa shape index (κ1) is 17.8. The zero-order chi connectivity index (χ0) is 19.0. The third-order valence-corrected chi connectivity index (χ3v) is 5.35. The van der Waals surface area contributed by atoms with Crippen molar-refractivity contribution in [3.63, 3.8) is 0 Å². The van der Waals surface area contributed by atoms with E-state index in [9.17, 15) is 9.59 Å². The van der Waals surface area contributed by atoms with Crippen molar-refractivity contribution < 1.29 is 9.59 Å². The predicted octanol–water partition coefficient (Wildman–Crippen LogP) is 2.87. The van der Waals surface area contributed by atoms with Crippen molar-refractivity contribution in [3.05, 3.63) is 70.9 Å². The molecule has 2 amide bonds. The number of nitrogens with zero attached hydrogens (tertiary/aromatic N) is 3. The van der Waals surface area contributed by atoms with Crippen LogP contribution in [0.15, 0.2) is 60.3 Å². The largest absolute Gasteiger partial charge is 0.364 e. The minimum Gasteiger partial charge on any atom is -0.364 e. The van der Waals surface area contributed by atoms with Gasteiger partial charge in [0.05, 0.1) is 16.3 Å². The SMILES string of the molecule is CN1CCN(C2=C(c3ccccc3)C(=O)N(c3ccccc3Cl)C2=O)CC1. The Labute approximate surface area is 163 Å². The molecule has 2 aliphatic rings. The van der Waals surface area contributed by atoms with Gasteiger partial charge in [-0.1, -0.05) is 54.1 Å². The van der Waals surface area contributed by atoms with Gasteiger partial charge in [0.15, 0.2) is 0 Å². The Hall–Kier alpha value is -2.63. The lowest BCUT2D eigenvalue weighted by Gasteiger charge is -2.34. The first-order chi connectivity index (χ1) is 13.1. The Kier molecular flexibility index (Phi) is 4.72. The van der Waals surface area contributed by atoms with E-state index in [0.29, 0.717) is 35.1 Å². The smallest absolute Gasteiger partial charge is 0.282 e. The summed E-state index contributed by atoms with van der Waals surface area (Å²) in [6, 6.07) is 16.3. The highest BCUT2D eigenvalue weighted by Gasteiger charge is 2.43. The number of carbonyl (C=O) groups is 2. The van der Waals surface area contributed by atoms with E-state index in [1.807, 2.05) is 35.2 Å². The van der Waals surface area contributed by atoms with Crippen LogP contribution in [0.25, 0.3) is 5.57 Å². The molecule has 2 aromatic rings. The average molecular weight is 382 g/mol. The van der Waals surface area contributed by atoms with Crippen LogP contribution in [-0.4, -0.2) is 54.8 Å². The molecule has 0 radical (unpaired) electrons. The third-order valence-electron chi connectivity index (χ3n) is 5.03. The predicted molar refractivity (Wildman–Crippen MR) is 106 cm³/mol. The van der Waals surface area contributed by atoms with Crippen molar-refractivity contribution in [2.45, 2.75) is 0 Å². The molecule has 0 bridgehead atoms. The summed E-state index contributed by atoms with van der Waals surface area (Å²) in [6.45, 7) is 3.10. The summed E-state index contributed by atoms with van der Waals surface area (Å²) in [7, 11) is 2.06. The second-order valence-electron chi connectivity index (χ2n) is 6.78. The van der Waals surface area contributed by atoms with Gasteiger partial charge in [0.1, 0.15) is 5.70 Å². The zero-order valence-corrected chi connectivity index (χ0v) is 15.8. The first-order valence-corrected chi connectivity index (χ1v) is 9.32. The molecule has 1 fully saturated rings. The van der Waals surface area contributed by atoms with Gasteiger partial charge < -0.3 is 9.80 Å². The number of hydrogen-bond acceptors (Lipinski definition) is 4. The van der Waals surface area contributed by atoms with E-state index in [0.717, 1.165) is 18.7 Å². The summed E-state index contributed by atoms with van der Waals surface area (Å²) in [5.41, 5.74) is 2.09. The molecule has 0 saturated carbocycles. The van der Waals surface area contributed by atoms with Crippen LogP contribution in [0.5, 0.6) is 0 Å². The molecule has 0 unspecified atom stereocenters. The summed E-state index contributed by atoms with van der Waals surface area (Å²) in [5, 5.41) is 0.381. The number of amides is 2. The molecule has 2 aromatic carbocycles. The number of likely N-dealkylation sites (N-methyl/N-ethyl adjacent to an activating group) is 1. The van der Waals surface area contributed by atoms with Crippen molar-refractivity contribution in [1.82, 2.24) is 9.80 Å². The van der Waals surface area contributed by atoms with Crippen LogP contribution in [0.1, 0.15) is 5.56 Å². The summed E-state index contributed by atoms with van der Waals surface area (Å²) in [5.74, 6) is -0.635. The molecule has 6 heteroatoms. The second-order valence-corrected chi connectivity index (χ2v) is 7.18. The van der Waals surface area contributed by atoms with E-state index >= 15 is 0 Å². The van der Waals surface area contributed by atoms with Gasteiger partial charge in [0, 0.05) is 26.2 Å². The maximum atomic E-state index is 13.4. The molecular weight excluding hydrogens is 362 g/mol. The Bertz CT molecular complexity index is 918. The lowest BCUT2D eigenvalue weighted by Crippen LogP contribution is -2.46. The van der Waals surface area contributed by atoms with Crippen LogP contribution >= 0.6 is 11.6 Å². The van der Waals surface area contributed by atoms with Crippen LogP contribution in [-0.2, 0) is 9.59 Å². The minimum atomic E-state index is -0.326. The molecule has 0 aliphatic carbocycles. The Morgan fingerprint density at radius 3 is 2.11 bits per heavy atom. The van der Waals surface area contributed by atoms with E-state index < -0.39 is 0 Å². The second kappa shape index (κ2) is 7.18. The molecule has 138 valence electrons. The summed E-state index contributed by atoms with van der Waals surface area (Å²) < 4.78 is 0. The van der Waals surface area contributed by atoms with Crippen molar-refractivity contribution >= 4 is 34.7 Å². The van der Waals surface area contributed by atoms with Gasteiger partial charge in [-0.05, 0) is 24.7 Å². The van der Waals surface area contributed by atoms with E-state index in [4.69, 9.17) is 11.6 Å². The molecule has 27 heavy (non-hydrogen) atoms. The fourth-order valence-electron chi connectivity index (χ4n) is 3.56. The number of rotatable bonds is 3. The fraction of sp³-hybridized carbons (Fsp3) is 0.238. The van der Waals surface area contributed by atoms with Gasteiger partial charge in [0.2, 0.25) is 0 Å². The van der Waals surface area contributed by atoms with Gasteiger partial charge in [0.25, 0.3) is 11.8 Å². The molecule has 2 aliphatic heterocycles. The van der Waals surface area contributed by atoms with Crippen LogP contribution in [0, 0.1) is 0 Å². The van der Waals surface area contributed by atoms with Crippen molar-refractivity contribution in [1.29, 1.82) is 0 Å². The monoisotopic (exact) mass is 381 g/mol. The number of piperazine rings is 1.